The topological polar surface area (TPSA) is 41.6 Å². The fourth-order valence-corrected chi connectivity index (χ4v) is 3.29. The van der Waals surface area contributed by atoms with Crippen LogP contribution in [0.3, 0.4) is 0 Å². The monoisotopic (exact) mass is 301 g/mol. The van der Waals surface area contributed by atoms with Crippen LogP contribution in [-0.4, -0.2) is 15.4 Å². The van der Waals surface area contributed by atoms with Gasteiger partial charge in [-0.15, -0.1) is 11.6 Å². The third kappa shape index (κ3) is 2.78. The van der Waals surface area contributed by atoms with Gasteiger partial charge in [-0.05, 0) is 30.9 Å². The zero-order valence-electron chi connectivity index (χ0n) is 12.3. The van der Waals surface area contributed by atoms with Gasteiger partial charge >= 0.3 is 0 Å². The number of nitriles is 1. The van der Waals surface area contributed by atoms with E-state index in [0.717, 1.165) is 35.6 Å². The highest BCUT2D eigenvalue weighted by molar-refractivity contribution is 6.17. The highest BCUT2D eigenvalue weighted by Gasteiger charge is 2.27. The Hall–Kier alpha value is -1.53. The van der Waals surface area contributed by atoms with E-state index in [-0.39, 0.29) is 0 Å². The molecule has 1 aliphatic carbocycles. The van der Waals surface area contributed by atoms with Gasteiger partial charge in [0.2, 0.25) is 0 Å². The minimum atomic E-state index is 0.467. The van der Waals surface area contributed by atoms with Gasteiger partial charge in [-0.1, -0.05) is 25.8 Å². The Kier molecular flexibility index (Phi) is 4.17. The second kappa shape index (κ2) is 6.07. The molecule has 2 aromatic rings. The molecule has 0 radical (unpaired) electrons. The quantitative estimate of drug-likeness (QED) is 0.740. The highest BCUT2D eigenvalue weighted by Crippen LogP contribution is 2.39. The van der Waals surface area contributed by atoms with Gasteiger partial charge in [-0.2, -0.15) is 5.26 Å². The van der Waals surface area contributed by atoms with Crippen LogP contribution in [0.5, 0.6) is 0 Å². The Labute approximate surface area is 130 Å². The van der Waals surface area contributed by atoms with Crippen molar-refractivity contribution in [3.63, 3.8) is 0 Å². The molecule has 0 amide bonds. The van der Waals surface area contributed by atoms with E-state index in [1.165, 1.54) is 19.3 Å². The summed E-state index contributed by atoms with van der Waals surface area (Å²) < 4.78 is 2.34. The molecular weight excluding hydrogens is 282 g/mol. The van der Waals surface area contributed by atoms with Gasteiger partial charge < -0.3 is 4.57 Å². The number of aromatic nitrogens is 2. The maximum absolute atomic E-state index is 9.29. The lowest BCUT2D eigenvalue weighted by molar-refractivity contribution is 0.427. The fourth-order valence-electron chi connectivity index (χ4n) is 3.12. The largest absolute Gasteiger partial charge is 0.325 e. The standard InChI is InChI=1S/C17H20ClN3/c1-2-14(10-12-6-7-12)21-15-5-3-4-13(11-19)17(15)20-16(21)8-9-18/h3-5,12,14H,2,6-10H2,1H3. The highest BCUT2D eigenvalue weighted by atomic mass is 35.5. The van der Waals surface area contributed by atoms with E-state index in [0.29, 0.717) is 17.5 Å². The Morgan fingerprint density at radius 3 is 2.90 bits per heavy atom. The minimum absolute atomic E-state index is 0.467. The zero-order valence-corrected chi connectivity index (χ0v) is 13.1. The molecule has 1 heterocycles. The summed E-state index contributed by atoms with van der Waals surface area (Å²) in [7, 11) is 0. The number of nitrogens with zero attached hydrogens (tertiary/aromatic N) is 3. The molecule has 1 aliphatic rings. The van der Waals surface area contributed by atoms with Gasteiger partial charge in [0.15, 0.2) is 0 Å². The average molecular weight is 302 g/mol. The molecule has 110 valence electrons. The zero-order chi connectivity index (χ0) is 14.8. The van der Waals surface area contributed by atoms with Gasteiger partial charge in [-0.3, -0.25) is 0 Å². The molecule has 1 atom stereocenters. The van der Waals surface area contributed by atoms with Crippen LogP contribution >= 0.6 is 11.6 Å². The van der Waals surface area contributed by atoms with Crippen LogP contribution in [0.25, 0.3) is 11.0 Å². The maximum Gasteiger partial charge on any atom is 0.111 e. The lowest BCUT2D eigenvalue weighted by Crippen LogP contribution is -2.13. The Morgan fingerprint density at radius 1 is 1.48 bits per heavy atom. The first-order chi connectivity index (χ1) is 10.3. The van der Waals surface area contributed by atoms with Crippen molar-refractivity contribution in [1.29, 1.82) is 5.26 Å². The second-order valence-electron chi connectivity index (χ2n) is 5.86. The molecule has 1 saturated carbocycles. The average Bonchev–Trinajstić information content (AvgIpc) is 3.25. The van der Waals surface area contributed by atoms with Gasteiger partial charge in [-0.25, -0.2) is 4.98 Å². The van der Waals surface area contributed by atoms with Crippen molar-refractivity contribution in [3.05, 3.63) is 29.6 Å². The molecule has 0 spiro atoms. The van der Waals surface area contributed by atoms with Crippen LogP contribution in [-0.2, 0) is 6.42 Å². The molecule has 1 fully saturated rings. The number of benzene rings is 1. The van der Waals surface area contributed by atoms with E-state index in [4.69, 9.17) is 16.6 Å². The summed E-state index contributed by atoms with van der Waals surface area (Å²) in [6.45, 7) is 2.23. The number of aryl methyl sites for hydroxylation is 1. The van der Waals surface area contributed by atoms with E-state index in [1.807, 2.05) is 12.1 Å². The number of para-hydroxylation sites is 1. The minimum Gasteiger partial charge on any atom is -0.325 e. The van der Waals surface area contributed by atoms with Crippen molar-refractivity contribution in [3.8, 4) is 6.07 Å². The summed E-state index contributed by atoms with van der Waals surface area (Å²) in [6, 6.07) is 8.59. The van der Waals surface area contributed by atoms with Crippen molar-refractivity contribution in [2.75, 3.05) is 5.88 Å². The number of alkyl halides is 1. The van der Waals surface area contributed by atoms with E-state index in [1.54, 1.807) is 0 Å². The number of halogens is 1. The molecule has 1 unspecified atom stereocenters. The van der Waals surface area contributed by atoms with E-state index in [2.05, 4.69) is 23.6 Å². The predicted octanol–water partition coefficient (Wildman–Crippen LogP) is 4.44. The van der Waals surface area contributed by atoms with Crippen molar-refractivity contribution in [2.45, 2.75) is 45.1 Å². The predicted molar refractivity (Wildman–Crippen MR) is 85.5 cm³/mol. The van der Waals surface area contributed by atoms with E-state index >= 15 is 0 Å². The molecule has 4 heteroatoms. The van der Waals surface area contributed by atoms with Crippen molar-refractivity contribution >= 4 is 22.6 Å². The summed E-state index contributed by atoms with van der Waals surface area (Å²) in [5.74, 6) is 2.45. The van der Waals surface area contributed by atoms with Gasteiger partial charge in [0, 0.05) is 18.3 Å². The molecule has 0 N–H and O–H groups in total. The van der Waals surface area contributed by atoms with Crippen LogP contribution in [0, 0.1) is 17.2 Å². The first-order valence-electron chi connectivity index (χ1n) is 7.74. The normalized spacial score (nSPS) is 16.0. The van der Waals surface area contributed by atoms with Gasteiger partial charge in [0.05, 0.1) is 11.1 Å². The van der Waals surface area contributed by atoms with Gasteiger partial charge in [0.25, 0.3) is 0 Å². The molecule has 21 heavy (non-hydrogen) atoms. The molecule has 3 rings (SSSR count). The van der Waals surface area contributed by atoms with E-state index < -0.39 is 0 Å². The Balaban J connectivity index is 2.12. The fraction of sp³-hybridized carbons (Fsp3) is 0.529. The Morgan fingerprint density at radius 2 is 2.29 bits per heavy atom. The van der Waals surface area contributed by atoms with Crippen LogP contribution in [0.4, 0.5) is 0 Å². The molecule has 3 nitrogen and oxygen atoms in total. The number of hydrogen-bond donors (Lipinski definition) is 0. The second-order valence-corrected chi connectivity index (χ2v) is 6.24. The summed E-state index contributed by atoms with van der Waals surface area (Å²) in [6.07, 6.45) is 5.78. The third-order valence-corrected chi connectivity index (χ3v) is 4.56. The van der Waals surface area contributed by atoms with Crippen LogP contribution in [0.2, 0.25) is 0 Å². The number of rotatable bonds is 6. The number of imidazole rings is 1. The molecule has 1 aromatic heterocycles. The lowest BCUT2D eigenvalue weighted by atomic mass is 10.1. The van der Waals surface area contributed by atoms with Gasteiger partial charge in [0.1, 0.15) is 17.4 Å². The number of hydrogen-bond acceptors (Lipinski definition) is 2. The molecule has 0 bridgehead atoms. The van der Waals surface area contributed by atoms with Crippen molar-refractivity contribution < 1.29 is 0 Å². The lowest BCUT2D eigenvalue weighted by Gasteiger charge is -2.20. The van der Waals surface area contributed by atoms with Crippen molar-refractivity contribution in [2.24, 2.45) is 5.92 Å². The summed E-state index contributed by atoms with van der Waals surface area (Å²) in [5.41, 5.74) is 2.57. The molecular formula is C17H20ClN3. The van der Waals surface area contributed by atoms with Crippen LogP contribution in [0.15, 0.2) is 18.2 Å². The summed E-state index contributed by atoms with van der Waals surface area (Å²) in [5, 5.41) is 9.29. The summed E-state index contributed by atoms with van der Waals surface area (Å²) in [4.78, 5) is 4.73. The Bertz CT molecular complexity index is 679. The van der Waals surface area contributed by atoms with Crippen LogP contribution in [0.1, 0.15) is 50.0 Å². The number of fused-ring (bicyclic) bond motifs is 1. The first kappa shape index (κ1) is 14.4. The SMILES string of the molecule is CCC(CC1CC1)n1c(CCCl)nc2c(C#N)cccc21. The molecule has 0 aliphatic heterocycles. The smallest absolute Gasteiger partial charge is 0.111 e. The van der Waals surface area contributed by atoms with Crippen molar-refractivity contribution in [1.82, 2.24) is 9.55 Å². The first-order valence-corrected chi connectivity index (χ1v) is 8.27. The molecule has 1 aromatic carbocycles. The molecule has 0 saturated heterocycles. The summed E-state index contributed by atoms with van der Waals surface area (Å²) >= 11 is 5.96. The third-order valence-electron chi connectivity index (χ3n) is 4.37. The van der Waals surface area contributed by atoms with E-state index in [9.17, 15) is 5.26 Å². The van der Waals surface area contributed by atoms with Crippen LogP contribution < -0.4 is 0 Å². The maximum atomic E-state index is 9.29.